The molecule has 3 N–H and O–H groups in total. The average molecular weight is 290 g/mol. The minimum absolute atomic E-state index is 0.0108. The van der Waals surface area contributed by atoms with Gasteiger partial charge >= 0.3 is 6.18 Å². The molecular weight excluding hydrogens is 273 g/mol. The van der Waals surface area contributed by atoms with Gasteiger partial charge in [-0.2, -0.15) is 13.2 Å². The largest absolute Gasteiger partial charge is 0.418 e. The van der Waals surface area contributed by atoms with E-state index in [-0.39, 0.29) is 23.9 Å². The van der Waals surface area contributed by atoms with E-state index in [1.165, 1.54) is 13.2 Å². The number of nitrogen functional groups attached to an aromatic ring is 1. The fourth-order valence-corrected chi connectivity index (χ4v) is 1.57. The van der Waals surface area contributed by atoms with Crippen LogP contribution in [0.15, 0.2) is 18.2 Å². The molecule has 1 amide bonds. The van der Waals surface area contributed by atoms with E-state index >= 15 is 0 Å². The van der Waals surface area contributed by atoms with Crippen LogP contribution in [0.25, 0.3) is 0 Å². The molecule has 0 aromatic heterocycles. The Bertz CT molecular complexity index is 475. The van der Waals surface area contributed by atoms with Crippen molar-refractivity contribution in [3.63, 3.8) is 0 Å². The first-order chi connectivity index (χ1) is 9.24. The molecular formula is C13H17F3N2O2. The SMILES string of the molecule is COC(C)CCC(=O)Nc1ccc(N)cc1C(F)(F)F. The van der Waals surface area contributed by atoms with Crippen LogP contribution in [0.3, 0.4) is 0 Å². The number of hydrogen-bond acceptors (Lipinski definition) is 3. The van der Waals surface area contributed by atoms with Gasteiger partial charge in [-0.3, -0.25) is 4.79 Å². The minimum Gasteiger partial charge on any atom is -0.399 e. The zero-order valence-corrected chi connectivity index (χ0v) is 11.3. The molecule has 1 unspecified atom stereocenters. The first-order valence-corrected chi connectivity index (χ1v) is 6.03. The zero-order valence-electron chi connectivity index (χ0n) is 11.3. The summed E-state index contributed by atoms with van der Waals surface area (Å²) < 4.78 is 43.4. The Balaban J connectivity index is 2.80. The van der Waals surface area contributed by atoms with Crippen LogP contribution >= 0.6 is 0 Å². The van der Waals surface area contributed by atoms with Crippen molar-refractivity contribution in [3.8, 4) is 0 Å². The van der Waals surface area contributed by atoms with Crippen molar-refractivity contribution in [3.05, 3.63) is 23.8 Å². The molecule has 1 aromatic carbocycles. The lowest BCUT2D eigenvalue weighted by Gasteiger charge is -2.15. The summed E-state index contributed by atoms with van der Waals surface area (Å²) in [7, 11) is 1.50. The molecule has 0 aliphatic carbocycles. The molecule has 0 fully saturated rings. The number of halogens is 3. The number of amides is 1. The second-order valence-electron chi connectivity index (χ2n) is 4.44. The van der Waals surface area contributed by atoms with Crippen LogP contribution in [0.5, 0.6) is 0 Å². The van der Waals surface area contributed by atoms with Gasteiger partial charge in [0, 0.05) is 19.2 Å². The topological polar surface area (TPSA) is 64.3 Å². The van der Waals surface area contributed by atoms with Crippen molar-refractivity contribution < 1.29 is 22.7 Å². The van der Waals surface area contributed by atoms with Gasteiger partial charge in [-0.25, -0.2) is 0 Å². The fourth-order valence-electron chi connectivity index (χ4n) is 1.57. The summed E-state index contributed by atoms with van der Waals surface area (Å²) in [5.41, 5.74) is 4.09. The first kappa shape index (κ1) is 16.3. The van der Waals surface area contributed by atoms with Gasteiger partial charge in [0.05, 0.1) is 17.4 Å². The Labute approximate surface area is 115 Å². The van der Waals surface area contributed by atoms with Crippen LogP contribution in [0.4, 0.5) is 24.5 Å². The lowest BCUT2D eigenvalue weighted by Crippen LogP contribution is -2.18. The molecule has 1 rings (SSSR count). The van der Waals surface area contributed by atoms with Gasteiger partial charge in [-0.1, -0.05) is 0 Å². The number of alkyl halides is 3. The van der Waals surface area contributed by atoms with Crippen molar-refractivity contribution in [2.45, 2.75) is 32.0 Å². The molecule has 0 bridgehead atoms. The predicted octanol–water partition coefficient (Wildman–Crippen LogP) is 3.04. The van der Waals surface area contributed by atoms with Gasteiger partial charge in [0.15, 0.2) is 0 Å². The van der Waals surface area contributed by atoms with Gasteiger partial charge in [0.25, 0.3) is 0 Å². The van der Waals surface area contributed by atoms with Gasteiger partial charge < -0.3 is 15.8 Å². The number of anilines is 2. The summed E-state index contributed by atoms with van der Waals surface area (Å²) in [6.45, 7) is 1.78. The normalized spacial score (nSPS) is 13.1. The highest BCUT2D eigenvalue weighted by molar-refractivity contribution is 5.91. The molecule has 1 atom stereocenters. The standard InChI is InChI=1S/C13H17F3N2O2/c1-8(20-2)3-6-12(19)18-11-5-4-9(17)7-10(11)13(14,15)16/h4-5,7-8H,3,6,17H2,1-2H3,(H,18,19). The van der Waals surface area contributed by atoms with E-state index in [9.17, 15) is 18.0 Å². The van der Waals surface area contributed by atoms with E-state index in [2.05, 4.69) is 5.32 Å². The number of hydrogen-bond donors (Lipinski definition) is 2. The average Bonchev–Trinajstić information content (AvgIpc) is 2.36. The number of nitrogens with two attached hydrogens (primary N) is 1. The van der Waals surface area contributed by atoms with Crippen molar-refractivity contribution in [2.24, 2.45) is 0 Å². The molecule has 112 valence electrons. The summed E-state index contributed by atoms with van der Waals surface area (Å²) in [6, 6.07) is 3.26. The summed E-state index contributed by atoms with van der Waals surface area (Å²) in [5, 5.41) is 2.25. The Kier molecular flexibility index (Phi) is 5.38. The van der Waals surface area contributed by atoms with Crippen LogP contribution in [0.1, 0.15) is 25.3 Å². The lowest BCUT2D eigenvalue weighted by atomic mass is 10.1. The van der Waals surface area contributed by atoms with E-state index in [0.717, 1.165) is 12.1 Å². The van der Waals surface area contributed by atoms with Crippen molar-refractivity contribution in [2.75, 3.05) is 18.2 Å². The molecule has 4 nitrogen and oxygen atoms in total. The maximum atomic E-state index is 12.8. The lowest BCUT2D eigenvalue weighted by molar-refractivity contribution is -0.136. The van der Waals surface area contributed by atoms with Crippen LogP contribution in [-0.2, 0) is 15.7 Å². The number of carbonyl (C=O) groups excluding carboxylic acids is 1. The Morgan fingerprint density at radius 3 is 2.65 bits per heavy atom. The summed E-state index contributed by atoms with van der Waals surface area (Å²) >= 11 is 0. The van der Waals surface area contributed by atoms with Crippen molar-refractivity contribution >= 4 is 17.3 Å². The number of carbonyl (C=O) groups is 1. The highest BCUT2D eigenvalue weighted by Crippen LogP contribution is 2.36. The zero-order chi connectivity index (χ0) is 15.3. The summed E-state index contributed by atoms with van der Waals surface area (Å²) in [4.78, 5) is 11.6. The third-order valence-corrected chi connectivity index (χ3v) is 2.80. The van der Waals surface area contributed by atoms with E-state index in [1.807, 2.05) is 0 Å². The second-order valence-corrected chi connectivity index (χ2v) is 4.44. The molecule has 0 saturated carbocycles. The van der Waals surface area contributed by atoms with Crippen molar-refractivity contribution in [1.29, 1.82) is 0 Å². The van der Waals surface area contributed by atoms with E-state index in [4.69, 9.17) is 10.5 Å². The molecule has 0 saturated heterocycles. The molecule has 0 aliphatic rings. The summed E-state index contributed by atoms with van der Waals surface area (Å²) in [6.07, 6.45) is -4.19. The second kappa shape index (κ2) is 6.60. The van der Waals surface area contributed by atoms with Gasteiger partial charge in [-0.15, -0.1) is 0 Å². The highest BCUT2D eigenvalue weighted by Gasteiger charge is 2.34. The quantitative estimate of drug-likeness (QED) is 0.819. The summed E-state index contributed by atoms with van der Waals surface area (Å²) in [5.74, 6) is -0.496. The molecule has 0 aliphatic heterocycles. The molecule has 7 heteroatoms. The Morgan fingerprint density at radius 2 is 2.10 bits per heavy atom. The monoisotopic (exact) mass is 290 g/mol. The third kappa shape index (κ3) is 4.73. The van der Waals surface area contributed by atoms with Crippen molar-refractivity contribution in [1.82, 2.24) is 0 Å². The van der Waals surface area contributed by atoms with Gasteiger partial charge in [0.1, 0.15) is 0 Å². The van der Waals surface area contributed by atoms with Crippen LogP contribution < -0.4 is 11.1 Å². The Morgan fingerprint density at radius 1 is 1.45 bits per heavy atom. The molecule has 20 heavy (non-hydrogen) atoms. The number of benzene rings is 1. The minimum atomic E-state index is -4.57. The molecule has 1 aromatic rings. The van der Waals surface area contributed by atoms with Crippen LogP contribution in [0.2, 0.25) is 0 Å². The number of rotatable bonds is 5. The first-order valence-electron chi connectivity index (χ1n) is 6.03. The molecule has 0 radical (unpaired) electrons. The smallest absolute Gasteiger partial charge is 0.399 e. The maximum absolute atomic E-state index is 12.8. The maximum Gasteiger partial charge on any atom is 0.418 e. The Hall–Kier alpha value is -1.76. The number of nitrogens with one attached hydrogen (secondary N) is 1. The molecule has 0 spiro atoms. The fraction of sp³-hybridized carbons (Fsp3) is 0.462. The number of ether oxygens (including phenoxy) is 1. The van der Waals surface area contributed by atoms with Gasteiger partial charge in [0.2, 0.25) is 5.91 Å². The number of methoxy groups -OCH3 is 1. The van der Waals surface area contributed by atoms with E-state index < -0.39 is 17.6 Å². The van der Waals surface area contributed by atoms with E-state index in [0.29, 0.717) is 6.42 Å². The van der Waals surface area contributed by atoms with Crippen LogP contribution in [-0.4, -0.2) is 19.1 Å². The molecule has 0 heterocycles. The van der Waals surface area contributed by atoms with Gasteiger partial charge in [-0.05, 0) is 31.5 Å². The van der Waals surface area contributed by atoms with E-state index in [1.54, 1.807) is 6.92 Å². The van der Waals surface area contributed by atoms with Crippen LogP contribution in [0, 0.1) is 0 Å². The third-order valence-electron chi connectivity index (χ3n) is 2.80. The predicted molar refractivity (Wildman–Crippen MR) is 70.2 cm³/mol. The highest BCUT2D eigenvalue weighted by atomic mass is 19.4.